The number of anilines is 1. The number of hydrogen-bond acceptors (Lipinski definition) is 3. The van der Waals surface area contributed by atoms with E-state index >= 15 is 0 Å². The minimum atomic E-state index is 0.405. The molecule has 1 aromatic heterocycles. The number of rotatable bonds is 2. The van der Waals surface area contributed by atoms with E-state index in [-0.39, 0.29) is 0 Å². The Morgan fingerprint density at radius 3 is 2.81 bits per heavy atom. The zero-order valence-electron chi connectivity index (χ0n) is 8.93. The van der Waals surface area contributed by atoms with Gasteiger partial charge in [-0.2, -0.15) is 0 Å². The van der Waals surface area contributed by atoms with Gasteiger partial charge in [0.1, 0.15) is 6.33 Å². The van der Waals surface area contributed by atoms with E-state index in [0.717, 1.165) is 18.5 Å². The third kappa shape index (κ3) is 1.65. The first-order chi connectivity index (χ1) is 7.93. The lowest BCUT2D eigenvalue weighted by atomic mass is 10.1. The Hall–Kier alpha value is -1.90. The molecule has 1 N–H and O–H groups in total. The summed E-state index contributed by atoms with van der Waals surface area (Å²) < 4.78 is 0. The third-order valence-electron chi connectivity index (χ3n) is 3.03. The molecular weight excluding hydrogens is 198 g/mol. The summed E-state index contributed by atoms with van der Waals surface area (Å²) in [6.45, 7) is 0. The van der Waals surface area contributed by atoms with E-state index in [9.17, 15) is 0 Å². The highest BCUT2D eigenvalue weighted by Gasteiger charge is 2.21. The molecule has 1 unspecified atom stereocenters. The molecule has 1 aromatic carbocycles. The molecule has 0 fully saturated rings. The number of benzene rings is 1. The van der Waals surface area contributed by atoms with Crippen LogP contribution in [0.2, 0.25) is 0 Å². The van der Waals surface area contributed by atoms with Gasteiger partial charge in [-0.25, -0.2) is 9.97 Å². The van der Waals surface area contributed by atoms with Crippen LogP contribution in [-0.4, -0.2) is 9.97 Å². The average molecular weight is 211 g/mol. The lowest BCUT2D eigenvalue weighted by Crippen LogP contribution is -2.07. The minimum Gasteiger partial charge on any atom is -0.376 e. The summed E-state index contributed by atoms with van der Waals surface area (Å²) in [5, 5.41) is 3.47. The van der Waals surface area contributed by atoms with Crippen molar-refractivity contribution in [3.05, 3.63) is 54.1 Å². The Labute approximate surface area is 94.6 Å². The Morgan fingerprint density at radius 2 is 1.94 bits per heavy atom. The highest BCUT2D eigenvalue weighted by Crippen LogP contribution is 2.33. The first-order valence-corrected chi connectivity index (χ1v) is 5.53. The van der Waals surface area contributed by atoms with Gasteiger partial charge in [-0.3, -0.25) is 0 Å². The molecule has 0 bridgehead atoms. The van der Waals surface area contributed by atoms with E-state index in [1.807, 2.05) is 12.4 Å². The van der Waals surface area contributed by atoms with Crippen LogP contribution >= 0.6 is 0 Å². The largest absolute Gasteiger partial charge is 0.376 e. The minimum absolute atomic E-state index is 0.405. The van der Waals surface area contributed by atoms with Gasteiger partial charge < -0.3 is 5.32 Å². The van der Waals surface area contributed by atoms with Crippen LogP contribution in [0.3, 0.4) is 0 Å². The SMILES string of the molecule is c1ccc2c(c1)CCC2Nc1cncnc1. The zero-order valence-corrected chi connectivity index (χ0v) is 8.93. The quantitative estimate of drug-likeness (QED) is 0.829. The van der Waals surface area contributed by atoms with Crippen LogP contribution in [0.4, 0.5) is 5.69 Å². The molecular formula is C13H13N3. The molecule has 2 aromatic rings. The first-order valence-electron chi connectivity index (χ1n) is 5.53. The number of nitrogens with one attached hydrogen (secondary N) is 1. The van der Waals surface area contributed by atoms with Gasteiger partial charge in [-0.05, 0) is 24.0 Å². The van der Waals surface area contributed by atoms with Crippen LogP contribution in [0.15, 0.2) is 43.0 Å². The molecule has 0 radical (unpaired) electrons. The van der Waals surface area contributed by atoms with Crippen molar-refractivity contribution in [1.29, 1.82) is 0 Å². The summed E-state index contributed by atoms with van der Waals surface area (Å²) in [6, 6.07) is 9.01. The fraction of sp³-hybridized carbons (Fsp3) is 0.231. The highest BCUT2D eigenvalue weighted by molar-refractivity contribution is 5.45. The van der Waals surface area contributed by atoms with E-state index in [1.54, 1.807) is 6.33 Å². The van der Waals surface area contributed by atoms with Crippen LogP contribution in [0.1, 0.15) is 23.6 Å². The van der Waals surface area contributed by atoms with Gasteiger partial charge in [-0.15, -0.1) is 0 Å². The van der Waals surface area contributed by atoms with E-state index in [2.05, 4.69) is 39.6 Å². The summed E-state index contributed by atoms with van der Waals surface area (Å²) in [4.78, 5) is 8.02. The van der Waals surface area contributed by atoms with E-state index in [1.165, 1.54) is 11.1 Å². The molecule has 1 aliphatic rings. The fourth-order valence-corrected chi connectivity index (χ4v) is 2.28. The maximum Gasteiger partial charge on any atom is 0.115 e. The van der Waals surface area contributed by atoms with E-state index in [0.29, 0.717) is 6.04 Å². The Kier molecular flexibility index (Phi) is 2.29. The second-order valence-corrected chi connectivity index (χ2v) is 4.06. The topological polar surface area (TPSA) is 37.8 Å². The van der Waals surface area contributed by atoms with Crippen molar-refractivity contribution in [3.63, 3.8) is 0 Å². The van der Waals surface area contributed by atoms with Gasteiger partial charge in [-0.1, -0.05) is 24.3 Å². The zero-order chi connectivity index (χ0) is 10.8. The van der Waals surface area contributed by atoms with Crippen LogP contribution in [0, 0.1) is 0 Å². The Bertz CT molecular complexity index is 482. The molecule has 0 saturated carbocycles. The molecule has 80 valence electrons. The van der Waals surface area contributed by atoms with Gasteiger partial charge in [0, 0.05) is 0 Å². The summed E-state index contributed by atoms with van der Waals surface area (Å²) in [7, 11) is 0. The van der Waals surface area contributed by atoms with Gasteiger partial charge >= 0.3 is 0 Å². The van der Waals surface area contributed by atoms with Crippen molar-refractivity contribution in [2.24, 2.45) is 0 Å². The van der Waals surface area contributed by atoms with Gasteiger partial charge in [0.05, 0.1) is 24.1 Å². The molecule has 3 nitrogen and oxygen atoms in total. The lowest BCUT2D eigenvalue weighted by Gasteiger charge is -2.14. The van der Waals surface area contributed by atoms with Crippen molar-refractivity contribution >= 4 is 5.69 Å². The molecule has 0 aliphatic heterocycles. The molecule has 0 amide bonds. The third-order valence-corrected chi connectivity index (χ3v) is 3.03. The molecule has 3 rings (SSSR count). The number of nitrogens with zero attached hydrogens (tertiary/aromatic N) is 2. The number of aryl methyl sites for hydroxylation is 1. The van der Waals surface area contributed by atoms with Crippen molar-refractivity contribution in [3.8, 4) is 0 Å². The van der Waals surface area contributed by atoms with Gasteiger partial charge in [0.15, 0.2) is 0 Å². The molecule has 0 spiro atoms. The lowest BCUT2D eigenvalue weighted by molar-refractivity contribution is 0.760. The van der Waals surface area contributed by atoms with E-state index in [4.69, 9.17) is 0 Å². The van der Waals surface area contributed by atoms with Crippen molar-refractivity contribution in [1.82, 2.24) is 9.97 Å². The predicted octanol–water partition coefficient (Wildman–Crippen LogP) is 2.58. The summed E-state index contributed by atoms with van der Waals surface area (Å²) in [5.41, 5.74) is 3.85. The van der Waals surface area contributed by atoms with E-state index < -0.39 is 0 Å². The Morgan fingerprint density at radius 1 is 1.12 bits per heavy atom. The number of fused-ring (bicyclic) bond motifs is 1. The van der Waals surface area contributed by atoms with Crippen LogP contribution in [0.5, 0.6) is 0 Å². The second-order valence-electron chi connectivity index (χ2n) is 4.06. The predicted molar refractivity (Wildman–Crippen MR) is 63.2 cm³/mol. The monoisotopic (exact) mass is 211 g/mol. The Balaban J connectivity index is 1.84. The maximum atomic E-state index is 4.01. The standard InChI is InChI=1S/C13H13N3/c1-2-4-12-10(3-1)5-6-13(12)16-11-7-14-9-15-8-11/h1-4,7-9,13,16H,5-6H2. The van der Waals surface area contributed by atoms with Crippen LogP contribution < -0.4 is 5.32 Å². The van der Waals surface area contributed by atoms with Gasteiger partial charge in [0.25, 0.3) is 0 Å². The highest BCUT2D eigenvalue weighted by atomic mass is 15.0. The summed E-state index contributed by atoms with van der Waals surface area (Å²) >= 11 is 0. The molecule has 1 heterocycles. The molecule has 0 saturated heterocycles. The van der Waals surface area contributed by atoms with Gasteiger partial charge in [0.2, 0.25) is 0 Å². The van der Waals surface area contributed by atoms with Crippen LogP contribution in [-0.2, 0) is 6.42 Å². The molecule has 1 aliphatic carbocycles. The second kappa shape index (κ2) is 3.93. The normalized spacial score (nSPS) is 18.1. The molecule has 16 heavy (non-hydrogen) atoms. The van der Waals surface area contributed by atoms with Crippen LogP contribution in [0.25, 0.3) is 0 Å². The molecule has 3 heteroatoms. The summed E-state index contributed by atoms with van der Waals surface area (Å²) in [5.74, 6) is 0. The summed E-state index contributed by atoms with van der Waals surface area (Å²) in [6.07, 6.45) is 7.48. The number of hydrogen-bond donors (Lipinski definition) is 1. The van der Waals surface area contributed by atoms with Crippen molar-refractivity contribution in [2.45, 2.75) is 18.9 Å². The first kappa shape index (κ1) is 9.33. The number of aromatic nitrogens is 2. The fourth-order valence-electron chi connectivity index (χ4n) is 2.28. The van der Waals surface area contributed by atoms with Crippen molar-refractivity contribution < 1.29 is 0 Å². The van der Waals surface area contributed by atoms with Crippen molar-refractivity contribution in [2.75, 3.05) is 5.32 Å². The average Bonchev–Trinajstić information content (AvgIpc) is 2.74. The molecule has 1 atom stereocenters. The maximum absolute atomic E-state index is 4.01. The smallest absolute Gasteiger partial charge is 0.115 e.